The van der Waals surface area contributed by atoms with Crippen molar-refractivity contribution in [3.63, 3.8) is 0 Å². The molecule has 1 aliphatic rings. The van der Waals surface area contributed by atoms with E-state index in [4.69, 9.17) is 16.3 Å². The molecule has 0 unspecified atom stereocenters. The Labute approximate surface area is 224 Å². The number of halogens is 1. The number of rotatable bonds is 10. The van der Waals surface area contributed by atoms with Crippen LogP contribution in [0.2, 0.25) is 5.02 Å². The van der Waals surface area contributed by atoms with Crippen LogP contribution < -0.4 is 10.1 Å². The van der Waals surface area contributed by atoms with Gasteiger partial charge < -0.3 is 15.0 Å². The third-order valence-electron chi connectivity index (χ3n) is 6.95. The van der Waals surface area contributed by atoms with E-state index < -0.39 is 6.04 Å². The maximum Gasteiger partial charge on any atom is 0.261 e. The summed E-state index contributed by atoms with van der Waals surface area (Å²) in [5.74, 6) is 0.261. The van der Waals surface area contributed by atoms with E-state index in [1.165, 1.54) is 0 Å². The summed E-state index contributed by atoms with van der Waals surface area (Å²) in [4.78, 5) is 29.1. The number of nitrogens with one attached hydrogen (secondary N) is 1. The molecule has 1 atom stereocenters. The highest BCUT2D eigenvalue weighted by molar-refractivity contribution is 6.31. The smallest absolute Gasteiger partial charge is 0.261 e. The van der Waals surface area contributed by atoms with Crippen LogP contribution >= 0.6 is 11.6 Å². The SMILES string of the molecule is Cc1ccc(OCC(=O)N(Cc2ccccc2Cl)[C@@H](Cc2ccccc2)C(=O)NC2CCCC2)c(C)c1. The van der Waals surface area contributed by atoms with Gasteiger partial charge in [0.15, 0.2) is 6.61 Å². The molecule has 1 aliphatic carbocycles. The molecule has 2 amide bonds. The molecular weight excluding hydrogens is 484 g/mol. The summed E-state index contributed by atoms with van der Waals surface area (Å²) >= 11 is 6.49. The van der Waals surface area contributed by atoms with Gasteiger partial charge in [-0.3, -0.25) is 9.59 Å². The Hall–Kier alpha value is -3.31. The summed E-state index contributed by atoms with van der Waals surface area (Å²) in [6.45, 7) is 4.02. The fraction of sp³-hybridized carbons (Fsp3) is 0.355. The lowest BCUT2D eigenvalue weighted by molar-refractivity contribution is -0.143. The number of amides is 2. The van der Waals surface area contributed by atoms with Crippen molar-refractivity contribution < 1.29 is 14.3 Å². The Kier molecular flexibility index (Phi) is 9.24. The number of aryl methyl sites for hydroxylation is 2. The van der Waals surface area contributed by atoms with Gasteiger partial charge in [-0.25, -0.2) is 0 Å². The standard InChI is InChI=1S/C31H35ClN2O3/c1-22-16-17-29(23(2)18-22)37-21-30(35)34(20-25-12-6-9-15-27(25)32)28(19-24-10-4-3-5-11-24)31(36)33-26-13-7-8-14-26/h3-6,9-12,15-18,26,28H,7-8,13-14,19-21H2,1-2H3,(H,33,36)/t28-/m0/s1. The van der Waals surface area contributed by atoms with Gasteiger partial charge >= 0.3 is 0 Å². The monoisotopic (exact) mass is 518 g/mol. The summed E-state index contributed by atoms with van der Waals surface area (Å²) in [5, 5.41) is 3.78. The number of nitrogens with zero attached hydrogens (tertiary/aromatic N) is 1. The van der Waals surface area contributed by atoms with Gasteiger partial charge in [-0.1, -0.05) is 90.7 Å². The maximum absolute atomic E-state index is 13.8. The zero-order valence-electron chi connectivity index (χ0n) is 21.6. The third kappa shape index (κ3) is 7.36. The molecule has 0 spiro atoms. The molecule has 6 heteroatoms. The lowest BCUT2D eigenvalue weighted by Gasteiger charge is -2.32. The Morgan fingerprint density at radius 2 is 1.70 bits per heavy atom. The largest absolute Gasteiger partial charge is 0.483 e. The number of carbonyl (C=O) groups is 2. The van der Waals surface area contributed by atoms with E-state index in [1.54, 1.807) is 11.0 Å². The van der Waals surface area contributed by atoms with Crippen molar-refractivity contribution in [1.82, 2.24) is 10.2 Å². The van der Waals surface area contributed by atoms with Crippen molar-refractivity contribution in [2.45, 2.75) is 64.6 Å². The van der Waals surface area contributed by atoms with E-state index >= 15 is 0 Å². The molecule has 3 aromatic rings. The molecule has 0 bridgehead atoms. The van der Waals surface area contributed by atoms with Crippen molar-refractivity contribution in [1.29, 1.82) is 0 Å². The van der Waals surface area contributed by atoms with Crippen LogP contribution in [0.5, 0.6) is 5.75 Å². The number of ether oxygens (including phenoxy) is 1. The van der Waals surface area contributed by atoms with Crippen LogP contribution in [0.15, 0.2) is 72.8 Å². The van der Waals surface area contributed by atoms with E-state index in [1.807, 2.05) is 80.6 Å². The Bertz CT molecular complexity index is 1210. The third-order valence-corrected chi connectivity index (χ3v) is 7.32. The van der Waals surface area contributed by atoms with E-state index in [2.05, 4.69) is 5.32 Å². The first kappa shape index (κ1) is 26.7. The van der Waals surface area contributed by atoms with Gasteiger partial charge in [-0.05, 0) is 55.5 Å². The van der Waals surface area contributed by atoms with Crippen molar-refractivity contribution >= 4 is 23.4 Å². The van der Waals surface area contributed by atoms with Crippen molar-refractivity contribution in [2.24, 2.45) is 0 Å². The van der Waals surface area contributed by atoms with Crippen LogP contribution in [0.1, 0.15) is 47.9 Å². The van der Waals surface area contributed by atoms with Gasteiger partial charge in [-0.15, -0.1) is 0 Å². The number of carbonyl (C=O) groups excluding carboxylic acids is 2. The van der Waals surface area contributed by atoms with E-state index in [-0.39, 0.29) is 31.0 Å². The molecule has 37 heavy (non-hydrogen) atoms. The highest BCUT2D eigenvalue weighted by Crippen LogP contribution is 2.23. The fourth-order valence-electron chi connectivity index (χ4n) is 4.92. The van der Waals surface area contributed by atoms with Gasteiger partial charge in [0.25, 0.3) is 5.91 Å². The molecule has 1 N–H and O–H groups in total. The number of benzene rings is 3. The average Bonchev–Trinajstić information content (AvgIpc) is 3.40. The van der Waals surface area contributed by atoms with Crippen molar-refractivity contribution in [2.75, 3.05) is 6.61 Å². The van der Waals surface area contributed by atoms with Crippen LogP contribution in [0.25, 0.3) is 0 Å². The first-order valence-corrected chi connectivity index (χ1v) is 13.4. The molecule has 5 nitrogen and oxygen atoms in total. The van der Waals surface area contributed by atoms with Crippen LogP contribution in [-0.4, -0.2) is 35.4 Å². The van der Waals surface area contributed by atoms with Crippen LogP contribution in [0, 0.1) is 13.8 Å². The summed E-state index contributed by atoms with van der Waals surface area (Å²) in [6, 6.07) is 22.6. The molecule has 0 aliphatic heterocycles. The molecular formula is C31H35ClN2O3. The fourth-order valence-corrected chi connectivity index (χ4v) is 5.11. The second-order valence-corrected chi connectivity index (χ2v) is 10.3. The summed E-state index contributed by atoms with van der Waals surface area (Å²) in [7, 11) is 0. The van der Waals surface area contributed by atoms with Crippen molar-refractivity contribution in [3.8, 4) is 5.75 Å². The normalized spacial score (nSPS) is 14.2. The molecule has 0 saturated heterocycles. The van der Waals surface area contributed by atoms with Crippen LogP contribution in [-0.2, 0) is 22.6 Å². The van der Waals surface area contributed by atoms with E-state index in [0.717, 1.165) is 47.9 Å². The van der Waals surface area contributed by atoms with Crippen LogP contribution in [0.4, 0.5) is 0 Å². The molecule has 3 aromatic carbocycles. The minimum absolute atomic E-state index is 0.136. The Morgan fingerprint density at radius 1 is 1.00 bits per heavy atom. The Balaban J connectivity index is 1.63. The molecule has 194 valence electrons. The highest BCUT2D eigenvalue weighted by Gasteiger charge is 2.32. The lowest BCUT2D eigenvalue weighted by Crippen LogP contribution is -2.53. The van der Waals surface area contributed by atoms with Gasteiger partial charge in [0.2, 0.25) is 5.91 Å². The molecule has 0 heterocycles. The first-order chi connectivity index (χ1) is 17.9. The van der Waals surface area contributed by atoms with Crippen LogP contribution in [0.3, 0.4) is 0 Å². The summed E-state index contributed by atoms with van der Waals surface area (Å²) < 4.78 is 5.96. The Morgan fingerprint density at radius 3 is 2.41 bits per heavy atom. The quantitative estimate of drug-likeness (QED) is 0.356. The maximum atomic E-state index is 13.8. The second kappa shape index (κ2) is 12.8. The molecule has 1 fully saturated rings. The van der Waals surface area contributed by atoms with Gasteiger partial charge in [0.05, 0.1) is 0 Å². The number of hydrogen-bond acceptors (Lipinski definition) is 3. The topological polar surface area (TPSA) is 58.6 Å². The zero-order valence-corrected chi connectivity index (χ0v) is 22.3. The highest BCUT2D eigenvalue weighted by atomic mass is 35.5. The summed E-state index contributed by atoms with van der Waals surface area (Å²) in [6.07, 6.45) is 4.57. The number of hydrogen-bond donors (Lipinski definition) is 1. The molecule has 1 saturated carbocycles. The minimum Gasteiger partial charge on any atom is -0.483 e. The van der Waals surface area contributed by atoms with Crippen molar-refractivity contribution in [3.05, 3.63) is 100 Å². The van der Waals surface area contributed by atoms with Gasteiger partial charge in [-0.2, -0.15) is 0 Å². The van der Waals surface area contributed by atoms with E-state index in [9.17, 15) is 9.59 Å². The minimum atomic E-state index is -0.700. The molecule has 0 radical (unpaired) electrons. The first-order valence-electron chi connectivity index (χ1n) is 13.0. The molecule has 4 rings (SSSR count). The average molecular weight is 519 g/mol. The zero-order chi connectivity index (χ0) is 26.2. The predicted octanol–water partition coefficient (Wildman–Crippen LogP) is 6.03. The predicted molar refractivity (Wildman–Crippen MR) is 148 cm³/mol. The summed E-state index contributed by atoms with van der Waals surface area (Å²) in [5.41, 5.74) is 3.87. The van der Waals surface area contributed by atoms with E-state index in [0.29, 0.717) is 17.2 Å². The van der Waals surface area contributed by atoms with Gasteiger partial charge in [0.1, 0.15) is 11.8 Å². The lowest BCUT2D eigenvalue weighted by atomic mass is 10.0. The molecule has 0 aromatic heterocycles. The van der Waals surface area contributed by atoms with Gasteiger partial charge in [0, 0.05) is 24.0 Å². The second-order valence-electron chi connectivity index (χ2n) is 9.87.